The van der Waals surface area contributed by atoms with E-state index in [0.717, 1.165) is 88.1 Å². The van der Waals surface area contributed by atoms with Crippen molar-refractivity contribution in [2.45, 2.75) is 0 Å². The van der Waals surface area contributed by atoms with Gasteiger partial charge in [-0.25, -0.2) is 19.9 Å². The van der Waals surface area contributed by atoms with Crippen molar-refractivity contribution in [2.24, 2.45) is 0 Å². The third-order valence-electron chi connectivity index (χ3n) is 18.5. The fourth-order valence-electron chi connectivity index (χ4n) is 14.5. The fourth-order valence-corrected chi connectivity index (χ4v) is 17.0. The number of hydrogen-bond acceptors (Lipinski definition) is 6. The van der Waals surface area contributed by atoms with E-state index in [1.165, 1.54) is 94.4 Å². The Hall–Kier alpha value is -11.2. The summed E-state index contributed by atoms with van der Waals surface area (Å²) in [5.41, 5.74) is 12.3. The average Bonchev–Trinajstić information content (AvgIpc) is 1.69. The summed E-state index contributed by atoms with van der Waals surface area (Å²) in [5, 5.41) is 21.7. The summed E-state index contributed by atoms with van der Waals surface area (Å²) in [4.78, 5) is 21.8. The molecular formula is C80H44N6S2. The first kappa shape index (κ1) is 48.1. The molecule has 14 aromatic carbocycles. The number of aromatic nitrogens is 6. The molecule has 406 valence electrons. The van der Waals surface area contributed by atoms with E-state index in [0.29, 0.717) is 11.9 Å². The van der Waals surface area contributed by atoms with Crippen LogP contribution in [-0.2, 0) is 0 Å². The molecular weight excluding hydrogens is 1110 g/mol. The van der Waals surface area contributed by atoms with Gasteiger partial charge in [-0.3, -0.25) is 9.13 Å². The molecule has 0 radical (unpaired) electrons. The van der Waals surface area contributed by atoms with Crippen LogP contribution in [0.4, 0.5) is 0 Å². The largest absolute Gasteiger partial charge is 0.278 e. The molecule has 0 bridgehead atoms. The molecule has 8 heteroatoms. The van der Waals surface area contributed by atoms with Crippen molar-refractivity contribution >= 4 is 172 Å². The summed E-state index contributed by atoms with van der Waals surface area (Å²) in [7, 11) is 0. The zero-order valence-corrected chi connectivity index (χ0v) is 48.5. The average molecular weight is 1150 g/mol. The van der Waals surface area contributed by atoms with Crippen LogP contribution in [0.5, 0.6) is 0 Å². The van der Waals surface area contributed by atoms with Gasteiger partial charge in [0.2, 0.25) is 11.9 Å². The van der Waals surface area contributed by atoms with Crippen LogP contribution < -0.4 is 0 Å². The van der Waals surface area contributed by atoms with Crippen molar-refractivity contribution in [1.29, 1.82) is 0 Å². The Labute approximate surface area is 509 Å². The van der Waals surface area contributed by atoms with E-state index in [2.05, 4.69) is 276 Å². The van der Waals surface area contributed by atoms with Crippen LogP contribution in [0.2, 0.25) is 0 Å². The standard InChI is InChI=1S/C80H44N6S2/c1-3-16-47(17-4-1)75-57-23-7-11-26-64(57)81-79(83-75)85-66-27-12-8-20-53(66)61-43-59-50(41-68(61)85)32-30-45-36-39-71-74(72(45)59)58-25-15-24-52(77(58)88-71)49-35-38-65-63(40-49)76(48-18-5-2-6-19-48)84-80(82-65)86-67-28-13-9-21-54(67)62-44-60-51(42-69(62)86)33-31-46-34-37-56-55-22-10-14-29-70(55)87-78(56)73(46)60/h1-44H. The summed E-state index contributed by atoms with van der Waals surface area (Å²) in [5.74, 6) is 1.29. The molecule has 20 rings (SSSR count). The number of benzene rings is 14. The number of hydrogen-bond donors (Lipinski definition) is 0. The van der Waals surface area contributed by atoms with Gasteiger partial charge in [0.15, 0.2) is 0 Å². The predicted molar refractivity (Wildman–Crippen MR) is 373 cm³/mol. The highest BCUT2D eigenvalue weighted by Gasteiger charge is 2.24. The van der Waals surface area contributed by atoms with E-state index < -0.39 is 0 Å². The number of para-hydroxylation sites is 3. The van der Waals surface area contributed by atoms with Gasteiger partial charge in [-0.1, -0.05) is 200 Å². The van der Waals surface area contributed by atoms with E-state index in [1.54, 1.807) is 0 Å². The molecule has 0 unspecified atom stereocenters. The summed E-state index contributed by atoms with van der Waals surface area (Å²) < 4.78 is 9.68. The Balaban J connectivity index is 0.762. The highest BCUT2D eigenvalue weighted by atomic mass is 32.1. The minimum absolute atomic E-state index is 0.643. The number of nitrogens with zero attached hydrogens (tertiary/aromatic N) is 6. The van der Waals surface area contributed by atoms with Crippen LogP contribution in [0, 0.1) is 0 Å². The van der Waals surface area contributed by atoms with Crippen molar-refractivity contribution in [3.05, 3.63) is 267 Å². The molecule has 0 spiro atoms. The van der Waals surface area contributed by atoms with Crippen LogP contribution in [0.25, 0.3) is 194 Å². The van der Waals surface area contributed by atoms with Crippen LogP contribution in [0.3, 0.4) is 0 Å². The molecule has 6 nitrogen and oxygen atoms in total. The van der Waals surface area contributed by atoms with Gasteiger partial charge < -0.3 is 0 Å². The predicted octanol–water partition coefficient (Wildman–Crippen LogP) is 22.1. The lowest BCUT2D eigenvalue weighted by molar-refractivity contribution is 1.01. The van der Waals surface area contributed by atoms with Crippen LogP contribution >= 0.6 is 22.7 Å². The molecule has 0 saturated carbocycles. The van der Waals surface area contributed by atoms with Crippen LogP contribution in [-0.4, -0.2) is 29.1 Å². The van der Waals surface area contributed by atoms with Gasteiger partial charge in [0.05, 0.1) is 44.5 Å². The summed E-state index contributed by atoms with van der Waals surface area (Å²) in [6.45, 7) is 0. The molecule has 0 aliphatic carbocycles. The van der Waals surface area contributed by atoms with Crippen molar-refractivity contribution in [2.75, 3.05) is 0 Å². The zero-order valence-electron chi connectivity index (χ0n) is 46.9. The molecule has 0 aliphatic rings. The molecule has 0 amide bonds. The van der Waals surface area contributed by atoms with Crippen molar-refractivity contribution in [3.63, 3.8) is 0 Å². The maximum Gasteiger partial charge on any atom is 0.235 e. The summed E-state index contributed by atoms with van der Waals surface area (Å²) in [6, 6.07) is 97.1. The van der Waals surface area contributed by atoms with E-state index in [-0.39, 0.29) is 0 Å². The molecule has 20 aromatic rings. The maximum absolute atomic E-state index is 5.64. The lowest BCUT2D eigenvalue weighted by atomic mass is 9.95. The smallest absolute Gasteiger partial charge is 0.235 e. The molecule has 0 atom stereocenters. The van der Waals surface area contributed by atoms with Crippen molar-refractivity contribution in [1.82, 2.24) is 29.1 Å². The van der Waals surface area contributed by atoms with Gasteiger partial charge in [-0.05, 0) is 116 Å². The molecule has 6 heterocycles. The Bertz CT molecular complexity index is 6430. The van der Waals surface area contributed by atoms with Gasteiger partial charge in [0.1, 0.15) is 0 Å². The Morgan fingerprint density at radius 3 is 1.47 bits per heavy atom. The Morgan fingerprint density at radius 2 is 0.773 bits per heavy atom. The molecule has 88 heavy (non-hydrogen) atoms. The molecule has 0 fully saturated rings. The normalized spacial score (nSPS) is 12.3. The third kappa shape index (κ3) is 6.86. The van der Waals surface area contributed by atoms with Crippen LogP contribution in [0.1, 0.15) is 0 Å². The van der Waals surface area contributed by atoms with E-state index >= 15 is 0 Å². The molecule has 0 N–H and O–H groups in total. The van der Waals surface area contributed by atoms with Gasteiger partial charge in [-0.15, -0.1) is 22.7 Å². The lowest BCUT2D eigenvalue weighted by Gasteiger charge is -2.13. The summed E-state index contributed by atoms with van der Waals surface area (Å²) >= 11 is 3.76. The topological polar surface area (TPSA) is 61.4 Å². The van der Waals surface area contributed by atoms with Crippen LogP contribution in [0.15, 0.2) is 267 Å². The number of rotatable bonds is 5. The van der Waals surface area contributed by atoms with Gasteiger partial charge >= 0.3 is 0 Å². The van der Waals surface area contributed by atoms with Gasteiger partial charge in [0.25, 0.3) is 0 Å². The monoisotopic (exact) mass is 1150 g/mol. The van der Waals surface area contributed by atoms with Gasteiger partial charge in [0, 0.05) is 89.2 Å². The minimum Gasteiger partial charge on any atom is -0.278 e. The Morgan fingerprint density at radius 1 is 0.250 bits per heavy atom. The third-order valence-corrected chi connectivity index (χ3v) is 20.9. The van der Waals surface area contributed by atoms with E-state index in [9.17, 15) is 0 Å². The minimum atomic E-state index is 0.643. The molecule has 0 aliphatic heterocycles. The van der Waals surface area contributed by atoms with E-state index in [4.69, 9.17) is 19.9 Å². The van der Waals surface area contributed by atoms with Crippen molar-refractivity contribution in [3.8, 4) is 45.5 Å². The van der Waals surface area contributed by atoms with Gasteiger partial charge in [-0.2, -0.15) is 0 Å². The lowest BCUT2D eigenvalue weighted by Crippen LogP contribution is -2.03. The summed E-state index contributed by atoms with van der Waals surface area (Å²) in [6.07, 6.45) is 0. The fraction of sp³-hybridized carbons (Fsp3) is 0. The second kappa shape index (κ2) is 18.2. The SMILES string of the molecule is c1ccc(-c2nc(-n3c4ccccc4c4cc5c(ccc6ccc7c8ccccc8sc7c65)cc43)nc3ccc(-c4cccc5c4sc4ccc6ccc7cc8c(cc7c6c45)c4ccccc4n8-c4nc(-c5ccccc5)c5ccccc5n4)cc23)cc1. The molecule has 6 aromatic heterocycles. The number of thiophene rings is 2. The Kier molecular flexibility index (Phi) is 9.94. The quantitative estimate of drug-likeness (QED) is 0.161. The molecule has 0 saturated heterocycles. The number of fused-ring (bicyclic) bond motifs is 22. The highest BCUT2D eigenvalue weighted by Crippen LogP contribution is 2.48. The maximum atomic E-state index is 5.64. The first-order valence-corrected chi connectivity index (χ1v) is 31.4. The van der Waals surface area contributed by atoms with E-state index in [1.807, 2.05) is 22.7 Å². The first-order chi connectivity index (χ1) is 43.6. The second-order valence-electron chi connectivity index (χ2n) is 23.2. The zero-order chi connectivity index (χ0) is 57.3. The van der Waals surface area contributed by atoms with Crippen molar-refractivity contribution < 1.29 is 0 Å². The first-order valence-electron chi connectivity index (χ1n) is 29.8. The second-order valence-corrected chi connectivity index (χ2v) is 25.3. The highest BCUT2D eigenvalue weighted by molar-refractivity contribution is 7.27.